The fourth-order valence-corrected chi connectivity index (χ4v) is 4.54. The van der Waals surface area contributed by atoms with Gasteiger partial charge in [-0.2, -0.15) is 0 Å². The lowest BCUT2D eigenvalue weighted by Gasteiger charge is -2.29. The summed E-state index contributed by atoms with van der Waals surface area (Å²) in [6.07, 6.45) is 4.96. The van der Waals surface area contributed by atoms with Crippen LogP contribution in [0.2, 0.25) is 0 Å². The van der Waals surface area contributed by atoms with Crippen molar-refractivity contribution in [1.82, 2.24) is 0 Å². The molecule has 0 atom stereocenters. The first-order valence-electron chi connectivity index (χ1n) is 11.7. The third kappa shape index (κ3) is 5.36. The van der Waals surface area contributed by atoms with Crippen LogP contribution in [0, 0.1) is 17.5 Å². The molecular formula is C29H29F3O2. The molecule has 2 nitrogen and oxygen atoms in total. The molecule has 0 bridgehead atoms. The summed E-state index contributed by atoms with van der Waals surface area (Å²) in [6.45, 7) is 5.97. The van der Waals surface area contributed by atoms with Crippen LogP contribution in [-0.4, -0.2) is 12.7 Å². The predicted octanol–water partition coefficient (Wildman–Crippen LogP) is 8.06. The second-order valence-corrected chi connectivity index (χ2v) is 8.63. The molecule has 0 N–H and O–H groups in total. The Labute approximate surface area is 199 Å². The average molecular weight is 467 g/mol. The summed E-state index contributed by atoms with van der Waals surface area (Å²) >= 11 is 0. The van der Waals surface area contributed by atoms with Crippen LogP contribution in [0.25, 0.3) is 17.2 Å². The summed E-state index contributed by atoms with van der Waals surface area (Å²) in [5.41, 5.74) is 2.92. The van der Waals surface area contributed by atoms with Crippen molar-refractivity contribution in [2.24, 2.45) is 0 Å². The van der Waals surface area contributed by atoms with E-state index in [1.54, 1.807) is 42.5 Å². The van der Waals surface area contributed by atoms with Crippen LogP contribution in [0.4, 0.5) is 13.2 Å². The van der Waals surface area contributed by atoms with E-state index in [0.717, 1.165) is 36.8 Å². The highest BCUT2D eigenvalue weighted by Crippen LogP contribution is 2.36. The first-order chi connectivity index (χ1) is 16.5. The van der Waals surface area contributed by atoms with E-state index in [2.05, 4.69) is 6.58 Å². The molecule has 0 saturated heterocycles. The molecule has 1 fully saturated rings. The zero-order chi connectivity index (χ0) is 24.1. The Morgan fingerprint density at radius 3 is 2.29 bits per heavy atom. The Morgan fingerprint density at radius 1 is 0.912 bits per heavy atom. The monoisotopic (exact) mass is 466 g/mol. The van der Waals surface area contributed by atoms with Crippen molar-refractivity contribution in [3.8, 4) is 16.9 Å². The first-order valence-corrected chi connectivity index (χ1v) is 11.7. The maximum atomic E-state index is 14.8. The van der Waals surface area contributed by atoms with Crippen LogP contribution in [0.3, 0.4) is 0 Å². The molecule has 1 aliphatic carbocycles. The number of ether oxygens (including phenoxy) is 2. The smallest absolute Gasteiger partial charge is 0.167 e. The van der Waals surface area contributed by atoms with Gasteiger partial charge >= 0.3 is 0 Å². The lowest BCUT2D eigenvalue weighted by Crippen LogP contribution is -2.21. The minimum atomic E-state index is -0.871. The van der Waals surface area contributed by atoms with Crippen LogP contribution >= 0.6 is 0 Å². The van der Waals surface area contributed by atoms with Crippen molar-refractivity contribution in [2.45, 2.75) is 51.2 Å². The Bertz CT molecular complexity index is 1130. The van der Waals surface area contributed by atoms with Gasteiger partial charge in [0.25, 0.3) is 0 Å². The van der Waals surface area contributed by atoms with E-state index in [0.29, 0.717) is 12.2 Å². The minimum Gasteiger partial charge on any atom is -0.491 e. The van der Waals surface area contributed by atoms with Gasteiger partial charge in [0.15, 0.2) is 23.2 Å². The second kappa shape index (κ2) is 10.9. The van der Waals surface area contributed by atoms with Gasteiger partial charge in [0.05, 0.1) is 19.3 Å². The Balaban J connectivity index is 1.34. The van der Waals surface area contributed by atoms with E-state index in [1.807, 2.05) is 25.1 Å². The molecule has 3 aromatic rings. The number of benzene rings is 3. The number of halogens is 3. The third-order valence-electron chi connectivity index (χ3n) is 6.50. The fourth-order valence-electron chi connectivity index (χ4n) is 4.54. The highest BCUT2D eigenvalue weighted by atomic mass is 19.2. The van der Waals surface area contributed by atoms with Crippen molar-refractivity contribution in [3.05, 3.63) is 95.3 Å². The van der Waals surface area contributed by atoms with Gasteiger partial charge in [0.2, 0.25) is 0 Å². The molecule has 3 aromatic carbocycles. The maximum Gasteiger partial charge on any atom is 0.167 e. The summed E-state index contributed by atoms with van der Waals surface area (Å²) in [4.78, 5) is 0. The fraction of sp³-hybridized carbons (Fsp3) is 0.310. The van der Waals surface area contributed by atoms with Gasteiger partial charge in [0.1, 0.15) is 0 Å². The van der Waals surface area contributed by atoms with Crippen LogP contribution < -0.4 is 4.74 Å². The quantitative estimate of drug-likeness (QED) is 0.334. The molecule has 1 saturated carbocycles. The molecular weight excluding hydrogens is 437 g/mol. The van der Waals surface area contributed by atoms with Crippen molar-refractivity contribution in [2.75, 3.05) is 6.61 Å². The zero-order valence-electron chi connectivity index (χ0n) is 19.3. The van der Waals surface area contributed by atoms with Gasteiger partial charge in [-0.25, -0.2) is 13.2 Å². The summed E-state index contributed by atoms with van der Waals surface area (Å²) in [6, 6.07) is 15.5. The first kappa shape index (κ1) is 24.1. The van der Waals surface area contributed by atoms with Crippen molar-refractivity contribution >= 4 is 6.08 Å². The SMILES string of the molecule is C=Cc1ccc(-c2ccc(COC3CCC(c4ccc(OCC)c(F)c4)CC3)c(F)c2F)cc1. The van der Waals surface area contributed by atoms with Crippen LogP contribution in [0.5, 0.6) is 5.75 Å². The highest BCUT2D eigenvalue weighted by molar-refractivity contribution is 5.66. The minimum absolute atomic E-state index is 0.0193. The number of hydrogen-bond acceptors (Lipinski definition) is 2. The third-order valence-corrected chi connectivity index (χ3v) is 6.50. The molecule has 0 amide bonds. The van der Waals surface area contributed by atoms with Gasteiger partial charge in [0, 0.05) is 11.1 Å². The molecule has 0 heterocycles. The molecule has 0 spiro atoms. The maximum absolute atomic E-state index is 14.8. The van der Waals surface area contributed by atoms with E-state index in [9.17, 15) is 13.2 Å². The van der Waals surface area contributed by atoms with E-state index in [1.165, 1.54) is 0 Å². The molecule has 1 aliphatic rings. The lowest BCUT2D eigenvalue weighted by atomic mass is 9.82. The topological polar surface area (TPSA) is 18.5 Å². The average Bonchev–Trinajstić information content (AvgIpc) is 2.87. The highest BCUT2D eigenvalue weighted by Gasteiger charge is 2.24. The van der Waals surface area contributed by atoms with Crippen molar-refractivity contribution in [3.63, 3.8) is 0 Å². The van der Waals surface area contributed by atoms with Crippen molar-refractivity contribution in [1.29, 1.82) is 0 Å². The molecule has 0 radical (unpaired) electrons. The van der Waals surface area contributed by atoms with Crippen LogP contribution in [0.15, 0.2) is 61.2 Å². The van der Waals surface area contributed by atoms with Crippen LogP contribution in [-0.2, 0) is 11.3 Å². The lowest BCUT2D eigenvalue weighted by molar-refractivity contribution is 0.0119. The second-order valence-electron chi connectivity index (χ2n) is 8.63. The van der Waals surface area contributed by atoms with Crippen LogP contribution in [0.1, 0.15) is 55.2 Å². The standard InChI is InChI=1S/C29H29F3O2/c1-3-19-5-7-21(8-6-19)25-15-11-23(28(31)29(25)32)18-34-24-13-9-20(10-14-24)22-12-16-27(33-4-2)26(30)17-22/h3,5-8,11-12,15-17,20,24H,1,4,9-10,13-14,18H2,2H3. The molecule has 5 heteroatoms. The van der Waals surface area contributed by atoms with Gasteiger partial charge in [-0.15, -0.1) is 0 Å². The summed E-state index contributed by atoms with van der Waals surface area (Å²) in [5.74, 6) is -1.55. The molecule has 0 aromatic heterocycles. The molecule has 0 aliphatic heterocycles. The van der Waals surface area contributed by atoms with E-state index in [-0.39, 0.29) is 41.3 Å². The summed E-state index contributed by atoms with van der Waals surface area (Å²) in [7, 11) is 0. The summed E-state index contributed by atoms with van der Waals surface area (Å²) in [5, 5.41) is 0. The largest absolute Gasteiger partial charge is 0.491 e. The van der Waals surface area contributed by atoms with Gasteiger partial charge in [-0.05, 0) is 67.3 Å². The number of hydrogen-bond donors (Lipinski definition) is 0. The van der Waals surface area contributed by atoms with Gasteiger partial charge in [-0.3, -0.25) is 0 Å². The normalized spacial score (nSPS) is 18.0. The Kier molecular flexibility index (Phi) is 7.73. The summed E-state index contributed by atoms with van der Waals surface area (Å²) < 4.78 is 54.9. The van der Waals surface area contributed by atoms with E-state index >= 15 is 0 Å². The Morgan fingerprint density at radius 2 is 1.65 bits per heavy atom. The molecule has 4 rings (SSSR count). The van der Waals surface area contributed by atoms with Crippen molar-refractivity contribution < 1.29 is 22.6 Å². The zero-order valence-corrected chi connectivity index (χ0v) is 19.3. The molecule has 34 heavy (non-hydrogen) atoms. The van der Waals surface area contributed by atoms with Gasteiger partial charge in [-0.1, -0.05) is 55.1 Å². The molecule has 0 unspecified atom stereocenters. The van der Waals surface area contributed by atoms with Gasteiger partial charge < -0.3 is 9.47 Å². The predicted molar refractivity (Wildman–Crippen MR) is 129 cm³/mol. The Hall–Kier alpha value is -3.05. The molecule has 178 valence electrons. The van der Waals surface area contributed by atoms with E-state index in [4.69, 9.17) is 9.47 Å². The van der Waals surface area contributed by atoms with E-state index < -0.39 is 11.6 Å². The number of rotatable bonds is 8.